The van der Waals surface area contributed by atoms with E-state index in [-0.39, 0.29) is 0 Å². The van der Waals surface area contributed by atoms with Crippen LogP contribution in [0.2, 0.25) is 0 Å². The van der Waals surface area contributed by atoms with Gasteiger partial charge in [-0.3, -0.25) is 10.4 Å². The number of hydrazine groups is 1. The molecule has 0 saturated heterocycles. The zero-order valence-corrected chi connectivity index (χ0v) is 4.41. The van der Waals surface area contributed by atoms with Gasteiger partial charge >= 0.3 is 0 Å². The van der Waals surface area contributed by atoms with Gasteiger partial charge in [0.1, 0.15) is 6.34 Å². The Labute approximate surface area is 48.0 Å². The lowest BCUT2D eigenvalue weighted by Gasteiger charge is -2.14. The van der Waals surface area contributed by atoms with Crippen LogP contribution in [0.15, 0.2) is 30.2 Å². The minimum absolute atomic E-state index is 1.58. The van der Waals surface area contributed by atoms with Crippen molar-refractivity contribution in [1.29, 1.82) is 0 Å². The van der Waals surface area contributed by atoms with Crippen LogP contribution in [0.25, 0.3) is 0 Å². The van der Waals surface area contributed by atoms with Crippen LogP contribution >= 0.6 is 0 Å². The summed E-state index contributed by atoms with van der Waals surface area (Å²) in [7, 11) is 0. The monoisotopic (exact) mass is 109 g/mol. The highest BCUT2D eigenvalue weighted by molar-refractivity contribution is 5.55. The Balaban J connectivity index is 2.51. The highest BCUT2D eigenvalue weighted by atomic mass is 15.5. The molecule has 1 heterocycles. The molecule has 1 N–H and O–H groups in total. The number of hydrogen-bond acceptors (Lipinski definition) is 3. The molecule has 0 aliphatic carbocycles. The molecule has 0 saturated carbocycles. The molecule has 0 bridgehead atoms. The molecule has 0 unspecified atom stereocenters. The average molecular weight is 109 g/mol. The van der Waals surface area contributed by atoms with Crippen molar-refractivity contribution in [1.82, 2.24) is 10.4 Å². The fraction of sp³-hybridized carbons (Fsp3) is 0. The third-order valence-corrected chi connectivity index (χ3v) is 0.791. The molecule has 3 heteroatoms. The van der Waals surface area contributed by atoms with E-state index < -0.39 is 0 Å². The quantitative estimate of drug-likeness (QED) is 0.529. The van der Waals surface area contributed by atoms with E-state index >= 15 is 0 Å². The zero-order chi connectivity index (χ0) is 5.82. The lowest BCUT2D eigenvalue weighted by Crippen LogP contribution is -2.28. The van der Waals surface area contributed by atoms with Crippen LogP contribution in [0.4, 0.5) is 0 Å². The molecule has 3 nitrogen and oxygen atoms in total. The molecule has 0 amide bonds. The van der Waals surface area contributed by atoms with Gasteiger partial charge in [0, 0.05) is 18.6 Å². The molecule has 0 aromatic carbocycles. The number of nitrogens with zero attached hydrogens (tertiary/aromatic N) is 2. The summed E-state index contributed by atoms with van der Waals surface area (Å²) >= 11 is 0. The van der Waals surface area contributed by atoms with Crippen LogP contribution in [0.3, 0.4) is 0 Å². The van der Waals surface area contributed by atoms with Crippen molar-refractivity contribution in [3.8, 4) is 0 Å². The molecule has 42 valence electrons. The van der Waals surface area contributed by atoms with Gasteiger partial charge in [-0.2, -0.15) is 0 Å². The van der Waals surface area contributed by atoms with Gasteiger partial charge < -0.3 is 0 Å². The third kappa shape index (κ3) is 0.872. The Kier molecular flexibility index (Phi) is 1.32. The Morgan fingerprint density at radius 2 is 2.62 bits per heavy atom. The molecule has 1 rings (SSSR count). The summed E-state index contributed by atoms with van der Waals surface area (Å²) in [6, 6.07) is 0. The minimum atomic E-state index is 1.58. The van der Waals surface area contributed by atoms with E-state index in [2.05, 4.69) is 17.0 Å². The first-order valence-corrected chi connectivity index (χ1v) is 2.29. The third-order valence-electron chi connectivity index (χ3n) is 0.791. The van der Waals surface area contributed by atoms with Crippen LogP contribution < -0.4 is 5.43 Å². The second-order valence-corrected chi connectivity index (χ2v) is 1.30. The summed E-state index contributed by atoms with van der Waals surface area (Å²) in [6.07, 6.45) is 6.69. The maximum atomic E-state index is 3.77. The largest absolute Gasteiger partial charge is 0.284 e. The van der Waals surface area contributed by atoms with E-state index in [0.717, 1.165) is 0 Å². The molecule has 0 radical (unpaired) electrons. The maximum absolute atomic E-state index is 3.77. The molecule has 0 spiro atoms. The number of nitrogens with one attached hydrogen (secondary N) is 1. The first-order chi connectivity index (χ1) is 3.93. The van der Waals surface area contributed by atoms with Crippen molar-refractivity contribution in [3.63, 3.8) is 0 Å². The second-order valence-electron chi connectivity index (χ2n) is 1.30. The summed E-state index contributed by atoms with van der Waals surface area (Å²) in [4.78, 5) is 3.77. The molecule has 8 heavy (non-hydrogen) atoms. The first-order valence-electron chi connectivity index (χ1n) is 2.29. The summed E-state index contributed by atoms with van der Waals surface area (Å²) in [5.41, 5.74) is 2.81. The van der Waals surface area contributed by atoms with Gasteiger partial charge in [0.25, 0.3) is 0 Å². The molecule has 1 aliphatic heterocycles. The molecular weight excluding hydrogens is 102 g/mol. The lowest BCUT2D eigenvalue weighted by molar-refractivity contribution is 0.458. The van der Waals surface area contributed by atoms with Gasteiger partial charge in [0.2, 0.25) is 0 Å². The van der Waals surface area contributed by atoms with Crippen molar-refractivity contribution in [3.05, 3.63) is 25.2 Å². The number of aliphatic imine (C=N–C) groups is 1. The van der Waals surface area contributed by atoms with Crippen molar-refractivity contribution < 1.29 is 0 Å². The van der Waals surface area contributed by atoms with E-state index in [1.807, 2.05) is 0 Å². The van der Waals surface area contributed by atoms with Gasteiger partial charge in [-0.15, -0.1) is 0 Å². The summed E-state index contributed by atoms with van der Waals surface area (Å²) in [5.74, 6) is 0. The molecule has 0 aromatic rings. The Morgan fingerprint density at radius 3 is 3.00 bits per heavy atom. The fourth-order valence-corrected chi connectivity index (χ4v) is 0.410. The van der Waals surface area contributed by atoms with Gasteiger partial charge in [0.15, 0.2) is 0 Å². The predicted octanol–water partition coefficient (Wildman–Crippen LogP) is 0.450. The predicted molar refractivity (Wildman–Crippen MR) is 32.8 cm³/mol. The van der Waals surface area contributed by atoms with E-state index in [1.54, 1.807) is 29.9 Å². The van der Waals surface area contributed by atoms with Crippen LogP contribution in [0, 0.1) is 0 Å². The SMILES string of the molecule is C=CN1C=CN=CN1. The van der Waals surface area contributed by atoms with Crippen molar-refractivity contribution in [2.45, 2.75) is 0 Å². The van der Waals surface area contributed by atoms with Crippen LogP contribution in [-0.4, -0.2) is 11.3 Å². The smallest absolute Gasteiger partial charge is 0.107 e. The summed E-state index contributed by atoms with van der Waals surface area (Å²) in [6.45, 7) is 3.53. The highest BCUT2D eigenvalue weighted by Gasteiger charge is 1.87. The first kappa shape index (κ1) is 4.90. The zero-order valence-electron chi connectivity index (χ0n) is 4.41. The van der Waals surface area contributed by atoms with E-state index in [4.69, 9.17) is 0 Å². The normalized spacial score (nSPS) is 15.8. The van der Waals surface area contributed by atoms with Gasteiger partial charge in [-0.25, -0.2) is 4.99 Å². The Hall–Kier alpha value is -1.25. The fourth-order valence-electron chi connectivity index (χ4n) is 0.410. The highest BCUT2D eigenvalue weighted by Crippen LogP contribution is 1.87. The lowest BCUT2D eigenvalue weighted by atomic mass is 10.8. The topological polar surface area (TPSA) is 27.6 Å². The molecule has 0 aromatic heterocycles. The van der Waals surface area contributed by atoms with Gasteiger partial charge in [-0.1, -0.05) is 6.58 Å². The van der Waals surface area contributed by atoms with Crippen LogP contribution in [0.5, 0.6) is 0 Å². The minimum Gasteiger partial charge on any atom is -0.284 e. The Morgan fingerprint density at radius 1 is 1.75 bits per heavy atom. The van der Waals surface area contributed by atoms with Crippen molar-refractivity contribution in [2.75, 3.05) is 0 Å². The molecular formula is C5H7N3. The Bertz CT molecular complexity index is 137. The average Bonchev–Trinajstić information content (AvgIpc) is 1.90. The van der Waals surface area contributed by atoms with Gasteiger partial charge in [-0.05, 0) is 0 Å². The van der Waals surface area contributed by atoms with Crippen molar-refractivity contribution in [2.24, 2.45) is 4.99 Å². The van der Waals surface area contributed by atoms with E-state index in [1.165, 1.54) is 0 Å². The standard InChI is InChI=1S/C5H7N3/c1-2-8-4-3-6-5-7-8/h2-5H,1H2,(H,6,7). The number of hydrogen-bond donors (Lipinski definition) is 1. The van der Waals surface area contributed by atoms with Crippen LogP contribution in [-0.2, 0) is 0 Å². The number of rotatable bonds is 1. The maximum Gasteiger partial charge on any atom is 0.107 e. The molecule has 0 atom stereocenters. The summed E-state index contributed by atoms with van der Waals surface area (Å²) in [5, 5.41) is 1.70. The second kappa shape index (κ2) is 2.16. The van der Waals surface area contributed by atoms with Crippen molar-refractivity contribution >= 4 is 6.34 Å². The molecule has 0 fully saturated rings. The molecule has 1 aliphatic rings. The van der Waals surface area contributed by atoms with Crippen LogP contribution in [0.1, 0.15) is 0 Å². The van der Waals surface area contributed by atoms with E-state index in [0.29, 0.717) is 0 Å². The van der Waals surface area contributed by atoms with E-state index in [9.17, 15) is 0 Å². The van der Waals surface area contributed by atoms with Gasteiger partial charge in [0.05, 0.1) is 0 Å². The summed E-state index contributed by atoms with van der Waals surface area (Å²) < 4.78 is 0.